The van der Waals surface area contributed by atoms with Crippen molar-refractivity contribution in [1.82, 2.24) is 14.7 Å². The highest BCUT2D eigenvalue weighted by atomic mass is 35.5. The minimum atomic E-state index is 0.374. The van der Waals surface area contributed by atoms with E-state index in [1.807, 2.05) is 42.5 Å². The zero-order valence-corrected chi connectivity index (χ0v) is 17.1. The molecule has 4 rings (SSSR count). The van der Waals surface area contributed by atoms with Gasteiger partial charge in [0.1, 0.15) is 5.75 Å². The lowest BCUT2D eigenvalue weighted by Gasteiger charge is -2.36. The predicted molar refractivity (Wildman–Crippen MR) is 113 cm³/mol. The first-order chi connectivity index (χ1) is 13.6. The Hall–Kier alpha value is -2.35. The molecule has 1 aliphatic heterocycles. The van der Waals surface area contributed by atoms with Gasteiger partial charge in [-0.1, -0.05) is 23.7 Å². The number of hydrogen-bond donors (Lipinski definition) is 0. The number of methoxy groups -OCH3 is 1. The SMILES string of the molecule is COc1ccc(-c2nn(CN3CCN(c4ccccc4Cl)CC3)c(=S)o2)cc1. The minimum Gasteiger partial charge on any atom is -0.497 e. The second-order valence-corrected chi connectivity index (χ2v) is 7.36. The van der Waals surface area contributed by atoms with Crippen LogP contribution in [-0.2, 0) is 6.67 Å². The van der Waals surface area contributed by atoms with Gasteiger partial charge < -0.3 is 14.1 Å². The summed E-state index contributed by atoms with van der Waals surface area (Å²) in [7, 11) is 1.64. The van der Waals surface area contributed by atoms with Crippen LogP contribution in [0.3, 0.4) is 0 Å². The fourth-order valence-electron chi connectivity index (χ4n) is 3.27. The number of benzene rings is 2. The number of aromatic nitrogens is 2. The van der Waals surface area contributed by atoms with E-state index in [9.17, 15) is 0 Å². The topological polar surface area (TPSA) is 46.7 Å². The summed E-state index contributed by atoms with van der Waals surface area (Å²) < 4.78 is 12.6. The second-order valence-electron chi connectivity index (χ2n) is 6.60. The molecule has 0 N–H and O–H groups in total. The Bertz CT molecular complexity index is 994. The van der Waals surface area contributed by atoms with Crippen molar-refractivity contribution >= 4 is 29.5 Å². The summed E-state index contributed by atoms with van der Waals surface area (Å²) in [4.78, 5) is 4.99. The molecular weight excluding hydrogens is 396 g/mol. The Morgan fingerprint density at radius 2 is 1.79 bits per heavy atom. The van der Waals surface area contributed by atoms with E-state index in [1.54, 1.807) is 11.8 Å². The number of hydrogen-bond acceptors (Lipinski definition) is 6. The van der Waals surface area contributed by atoms with E-state index >= 15 is 0 Å². The van der Waals surface area contributed by atoms with Gasteiger partial charge in [0.05, 0.1) is 24.5 Å². The molecule has 1 fully saturated rings. The number of ether oxygens (including phenoxy) is 1. The van der Waals surface area contributed by atoms with Crippen molar-refractivity contribution < 1.29 is 9.15 Å². The van der Waals surface area contributed by atoms with E-state index in [0.29, 0.717) is 17.4 Å². The lowest BCUT2D eigenvalue weighted by Crippen LogP contribution is -2.47. The highest BCUT2D eigenvalue weighted by Gasteiger charge is 2.20. The minimum absolute atomic E-state index is 0.374. The van der Waals surface area contributed by atoms with Crippen molar-refractivity contribution in [3.05, 3.63) is 58.4 Å². The maximum absolute atomic E-state index is 6.32. The van der Waals surface area contributed by atoms with Crippen LogP contribution in [0.2, 0.25) is 5.02 Å². The molecule has 0 bridgehead atoms. The molecular formula is C20H21ClN4O2S. The summed E-state index contributed by atoms with van der Waals surface area (Å²) in [5.74, 6) is 1.31. The van der Waals surface area contributed by atoms with Gasteiger partial charge >= 0.3 is 0 Å². The standard InChI is InChI=1S/C20H21ClN4O2S/c1-26-16-8-6-15(7-9-16)19-22-25(20(28)27-19)14-23-10-12-24(13-11-23)18-5-3-2-4-17(18)21/h2-9H,10-14H2,1H3. The molecule has 8 heteroatoms. The van der Waals surface area contributed by atoms with Gasteiger partial charge in [0.25, 0.3) is 4.84 Å². The summed E-state index contributed by atoms with van der Waals surface area (Å²) in [5, 5.41) is 5.34. The van der Waals surface area contributed by atoms with Crippen LogP contribution in [0.1, 0.15) is 0 Å². The van der Waals surface area contributed by atoms with Crippen LogP contribution in [0.15, 0.2) is 52.9 Å². The van der Waals surface area contributed by atoms with Crippen LogP contribution in [-0.4, -0.2) is 48.0 Å². The number of halogens is 1. The molecule has 0 radical (unpaired) electrons. The van der Waals surface area contributed by atoms with Crippen LogP contribution < -0.4 is 9.64 Å². The Labute approximate surface area is 173 Å². The molecule has 0 spiro atoms. The molecule has 28 heavy (non-hydrogen) atoms. The van der Waals surface area contributed by atoms with Gasteiger partial charge in [-0.15, -0.1) is 5.10 Å². The van der Waals surface area contributed by atoms with Gasteiger partial charge in [0, 0.05) is 31.7 Å². The number of para-hydroxylation sites is 1. The van der Waals surface area contributed by atoms with Gasteiger partial charge in [0.15, 0.2) is 0 Å². The third kappa shape index (κ3) is 4.06. The third-order valence-electron chi connectivity index (χ3n) is 4.84. The van der Waals surface area contributed by atoms with E-state index in [0.717, 1.165) is 48.2 Å². The first kappa shape index (κ1) is 19.0. The van der Waals surface area contributed by atoms with Crippen molar-refractivity contribution in [2.75, 3.05) is 38.2 Å². The second kappa shape index (κ2) is 8.34. The average Bonchev–Trinajstić information content (AvgIpc) is 3.09. The fourth-order valence-corrected chi connectivity index (χ4v) is 3.71. The molecule has 0 unspecified atom stereocenters. The number of piperazine rings is 1. The van der Waals surface area contributed by atoms with Crippen LogP contribution in [0.25, 0.3) is 11.5 Å². The molecule has 2 heterocycles. The van der Waals surface area contributed by atoms with E-state index in [4.69, 9.17) is 33.0 Å². The van der Waals surface area contributed by atoms with Crippen LogP contribution in [0.5, 0.6) is 5.75 Å². The van der Waals surface area contributed by atoms with Gasteiger partial charge in [-0.3, -0.25) is 4.90 Å². The highest BCUT2D eigenvalue weighted by molar-refractivity contribution is 7.71. The summed E-state index contributed by atoms with van der Waals surface area (Å²) in [6, 6.07) is 15.5. The van der Waals surface area contributed by atoms with Crippen molar-refractivity contribution in [1.29, 1.82) is 0 Å². The summed E-state index contributed by atoms with van der Waals surface area (Å²) in [6.45, 7) is 4.21. The van der Waals surface area contributed by atoms with E-state index in [2.05, 4.69) is 21.0 Å². The van der Waals surface area contributed by atoms with Crippen LogP contribution in [0, 0.1) is 4.84 Å². The fraction of sp³-hybridized carbons (Fsp3) is 0.300. The largest absolute Gasteiger partial charge is 0.497 e. The molecule has 1 saturated heterocycles. The maximum Gasteiger partial charge on any atom is 0.288 e. The lowest BCUT2D eigenvalue weighted by molar-refractivity contribution is 0.192. The molecule has 1 aromatic heterocycles. The Morgan fingerprint density at radius 1 is 1.07 bits per heavy atom. The average molecular weight is 417 g/mol. The Balaban J connectivity index is 1.41. The highest BCUT2D eigenvalue weighted by Crippen LogP contribution is 2.26. The normalized spacial score (nSPS) is 15.0. The van der Waals surface area contributed by atoms with Gasteiger partial charge in [-0.25, -0.2) is 4.68 Å². The molecule has 0 aliphatic carbocycles. The number of anilines is 1. The van der Waals surface area contributed by atoms with Crippen molar-refractivity contribution in [2.45, 2.75) is 6.67 Å². The first-order valence-electron chi connectivity index (χ1n) is 9.08. The van der Waals surface area contributed by atoms with Crippen molar-refractivity contribution in [3.8, 4) is 17.2 Å². The monoisotopic (exact) mass is 416 g/mol. The van der Waals surface area contributed by atoms with Crippen molar-refractivity contribution in [3.63, 3.8) is 0 Å². The van der Waals surface area contributed by atoms with E-state index in [1.165, 1.54) is 0 Å². The maximum atomic E-state index is 6.32. The zero-order valence-electron chi connectivity index (χ0n) is 15.5. The molecule has 0 saturated carbocycles. The Kier molecular flexibility index (Phi) is 5.66. The predicted octanol–water partition coefficient (Wildman–Crippen LogP) is 4.31. The van der Waals surface area contributed by atoms with Crippen LogP contribution >= 0.6 is 23.8 Å². The lowest BCUT2D eigenvalue weighted by atomic mass is 10.2. The van der Waals surface area contributed by atoms with Crippen molar-refractivity contribution in [2.24, 2.45) is 0 Å². The number of nitrogens with zero attached hydrogens (tertiary/aromatic N) is 4. The quantitative estimate of drug-likeness (QED) is 0.577. The first-order valence-corrected chi connectivity index (χ1v) is 9.87. The van der Waals surface area contributed by atoms with Gasteiger partial charge in [-0.05, 0) is 48.6 Å². The zero-order chi connectivity index (χ0) is 19.5. The molecule has 1 aliphatic rings. The summed E-state index contributed by atoms with van der Waals surface area (Å²) in [5.41, 5.74) is 1.96. The van der Waals surface area contributed by atoms with E-state index < -0.39 is 0 Å². The molecule has 0 amide bonds. The smallest absolute Gasteiger partial charge is 0.288 e. The summed E-state index contributed by atoms with van der Waals surface area (Å²) in [6.07, 6.45) is 0. The van der Waals surface area contributed by atoms with E-state index in [-0.39, 0.29) is 0 Å². The Morgan fingerprint density at radius 3 is 2.46 bits per heavy atom. The number of rotatable bonds is 5. The third-order valence-corrected chi connectivity index (χ3v) is 5.46. The molecule has 2 aromatic carbocycles. The van der Waals surface area contributed by atoms with Gasteiger partial charge in [0.2, 0.25) is 5.89 Å². The molecule has 0 atom stereocenters. The van der Waals surface area contributed by atoms with Crippen LogP contribution in [0.4, 0.5) is 5.69 Å². The summed E-state index contributed by atoms with van der Waals surface area (Å²) >= 11 is 11.7. The molecule has 3 aromatic rings. The molecule has 6 nitrogen and oxygen atoms in total. The molecule has 146 valence electrons. The van der Waals surface area contributed by atoms with Gasteiger partial charge in [-0.2, -0.15) is 0 Å².